The van der Waals surface area contributed by atoms with Crippen molar-refractivity contribution in [2.24, 2.45) is 0 Å². The van der Waals surface area contributed by atoms with E-state index in [1.165, 1.54) is 18.4 Å². The first-order valence-electron chi connectivity index (χ1n) is 9.14. The van der Waals surface area contributed by atoms with Crippen LogP contribution in [0.1, 0.15) is 24.3 Å². The molecule has 0 saturated carbocycles. The predicted octanol–water partition coefficient (Wildman–Crippen LogP) is 3.05. The molecule has 29 heavy (non-hydrogen) atoms. The molecule has 0 aliphatic rings. The zero-order valence-corrected chi connectivity index (χ0v) is 16.8. The second-order valence-corrected chi connectivity index (χ2v) is 8.26. The van der Waals surface area contributed by atoms with E-state index in [0.717, 1.165) is 5.56 Å². The molecule has 0 unspecified atom stereocenters. The van der Waals surface area contributed by atoms with E-state index in [4.69, 9.17) is 4.42 Å². The molecule has 3 aromatic rings. The monoisotopic (exact) mass is 413 g/mol. The molecule has 3 rings (SSSR count). The molecule has 8 heteroatoms. The fourth-order valence-electron chi connectivity index (χ4n) is 2.71. The molecule has 2 aromatic carbocycles. The molecule has 1 aromatic heterocycles. The molecule has 0 fully saturated rings. The van der Waals surface area contributed by atoms with Crippen LogP contribution >= 0.6 is 0 Å². The van der Waals surface area contributed by atoms with Gasteiger partial charge in [0.15, 0.2) is 0 Å². The third-order valence-electron chi connectivity index (χ3n) is 4.31. The van der Waals surface area contributed by atoms with Crippen molar-refractivity contribution in [2.75, 3.05) is 11.9 Å². The Bertz CT molecular complexity index is 1030. The number of nitrogens with one attached hydrogen (secondary N) is 3. The van der Waals surface area contributed by atoms with Gasteiger partial charge in [0.1, 0.15) is 5.76 Å². The molecular formula is C21H23N3O4S. The maximum absolute atomic E-state index is 12.5. The van der Waals surface area contributed by atoms with E-state index in [1.54, 1.807) is 24.3 Å². The number of hydrogen-bond donors (Lipinski definition) is 3. The Balaban J connectivity index is 1.56. The quantitative estimate of drug-likeness (QED) is 0.501. The Hall–Kier alpha value is -2.94. The largest absolute Gasteiger partial charge is 0.468 e. The van der Waals surface area contributed by atoms with Gasteiger partial charge in [0.25, 0.3) is 0 Å². The lowest BCUT2D eigenvalue weighted by molar-refractivity contribution is -0.115. The molecule has 1 atom stereocenters. The highest BCUT2D eigenvalue weighted by atomic mass is 32.2. The van der Waals surface area contributed by atoms with Gasteiger partial charge in [0.05, 0.1) is 24.2 Å². The van der Waals surface area contributed by atoms with E-state index in [2.05, 4.69) is 15.4 Å². The van der Waals surface area contributed by atoms with Gasteiger partial charge in [-0.1, -0.05) is 36.4 Å². The molecule has 0 saturated heterocycles. The van der Waals surface area contributed by atoms with E-state index < -0.39 is 10.0 Å². The van der Waals surface area contributed by atoms with Gasteiger partial charge < -0.3 is 15.1 Å². The van der Waals surface area contributed by atoms with Crippen molar-refractivity contribution in [1.82, 2.24) is 10.0 Å². The third-order valence-corrected chi connectivity index (χ3v) is 5.71. The number of furan rings is 1. The van der Waals surface area contributed by atoms with Crippen LogP contribution in [0, 0.1) is 0 Å². The second kappa shape index (κ2) is 9.51. The summed E-state index contributed by atoms with van der Waals surface area (Å²) < 4.78 is 32.5. The average Bonchev–Trinajstić information content (AvgIpc) is 3.25. The van der Waals surface area contributed by atoms with Crippen LogP contribution in [-0.2, 0) is 21.4 Å². The summed E-state index contributed by atoms with van der Waals surface area (Å²) >= 11 is 0. The van der Waals surface area contributed by atoms with Crippen LogP contribution < -0.4 is 15.4 Å². The van der Waals surface area contributed by atoms with Crippen molar-refractivity contribution in [2.45, 2.75) is 24.4 Å². The Morgan fingerprint density at radius 3 is 2.55 bits per heavy atom. The van der Waals surface area contributed by atoms with Crippen LogP contribution in [0.3, 0.4) is 0 Å². The van der Waals surface area contributed by atoms with E-state index in [-0.39, 0.29) is 29.9 Å². The summed E-state index contributed by atoms with van der Waals surface area (Å²) in [5, 5.41) is 5.87. The smallest absolute Gasteiger partial charge is 0.241 e. The maximum Gasteiger partial charge on any atom is 0.241 e. The van der Waals surface area contributed by atoms with Gasteiger partial charge in [-0.3, -0.25) is 4.79 Å². The summed E-state index contributed by atoms with van der Waals surface area (Å²) in [5.41, 5.74) is 1.49. The molecular weight excluding hydrogens is 390 g/mol. The fourth-order valence-corrected chi connectivity index (χ4v) is 3.75. The van der Waals surface area contributed by atoms with Gasteiger partial charge in [-0.25, -0.2) is 13.1 Å². The van der Waals surface area contributed by atoms with Crippen LogP contribution in [0.2, 0.25) is 0 Å². The minimum atomic E-state index is -3.73. The normalized spacial score (nSPS) is 12.4. The van der Waals surface area contributed by atoms with Gasteiger partial charge in [0.2, 0.25) is 15.9 Å². The standard InChI is InChI=1S/C21H23N3O4S/c1-16(17-7-3-2-4-8-17)22-15-21(25)24-18-9-5-11-20(13-18)29(26,27)23-14-19-10-6-12-28-19/h2-13,16,22-23H,14-15H2,1H3,(H,24,25)/t16-/m1/s1. The number of hydrogen-bond acceptors (Lipinski definition) is 5. The van der Waals surface area contributed by atoms with Gasteiger partial charge >= 0.3 is 0 Å². The number of amides is 1. The Kier molecular flexibility index (Phi) is 6.82. The van der Waals surface area contributed by atoms with E-state index in [1.807, 2.05) is 37.3 Å². The molecule has 0 aliphatic heterocycles. The lowest BCUT2D eigenvalue weighted by Crippen LogP contribution is -2.30. The number of anilines is 1. The van der Waals surface area contributed by atoms with Crippen molar-refractivity contribution in [1.29, 1.82) is 0 Å². The topological polar surface area (TPSA) is 100 Å². The average molecular weight is 413 g/mol. The maximum atomic E-state index is 12.5. The van der Waals surface area contributed by atoms with Crippen LogP contribution in [0.25, 0.3) is 0 Å². The van der Waals surface area contributed by atoms with E-state index in [0.29, 0.717) is 11.4 Å². The first-order valence-corrected chi connectivity index (χ1v) is 10.6. The third kappa shape index (κ3) is 6.02. The first-order chi connectivity index (χ1) is 13.9. The van der Waals surface area contributed by atoms with Gasteiger partial charge in [0, 0.05) is 11.7 Å². The molecule has 1 heterocycles. The zero-order valence-electron chi connectivity index (χ0n) is 16.0. The molecule has 0 radical (unpaired) electrons. The highest BCUT2D eigenvalue weighted by Gasteiger charge is 2.15. The minimum Gasteiger partial charge on any atom is -0.468 e. The van der Waals surface area contributed by atoms with Crippen LogP contribution in [0.5, 0.6) is 0 Å². The van der Waals surface area contributed by atoms with Crippen molar-refractivity contribution >= 4 is 21.6 Å². The molecule has 1 amide bonds. The highest BCUT2D eigenvalue weighted by Crippen LogP contribution is 2.16. The van der Waals surface area contributed by atoms with Gasteiger partial charge in [-0.05, 0) is 42.8 Å². The van der Waals surface area contributed by atoms with E-state index in [9.17, 15) is 13.2 Å². The Morgan fingerprint density at radius 1 is 1.03 bits per heavy atom. The summed E-state index contributed by atoms with van der Waals surface area (Å²) in [6, 6.07) is 19.3. The summed E-state index contributed by atoms with van der Waals surface area (Å²) in [6.45, 7) is 2.12. The molecule has 0 spiro atoms. The van der Waals surface area contributed by atoms with Crippen molar-refractivity contribution in [3.63, 3.8) is 0 Å². The summed E-state index contributed by atoms with van der Waals surface area (Å²) in [7, 11) is -3.73. The summed E-state index contributed by atoms with van der Waals surface area (Å²) in [6.07, 6.45) is 1.48. The van der Waals surface area contributed by atoms with Crippen molar-refractivity contribution in [3.05, 3.63) is 84.3 Å². The van der Waals surface area contributed by atoms with Crippen molar-refractivity contribution < 1.29 is 17.6 Å². The number of sulfonamides is 1. The fraction of sp³-hybridized carbons (Fsp3) is 0.190. The van der Waals surface area contributed by atoms with E-state index >= 15 is 0 Å². The number of carbonyl (C=O) groups excluding carboxylic acids is 1. The van der Waals surface area contributed by atoms with Crippen LogP contribution in [0.4, 0.5) is 5.69 Å². The Labute approximate surface area is 170 Å². The van der Waals surface area contributed by atoms with Crippen LogP contribution in [0.15, 0.2) is 82.3 Å². The predicted molar refractivity (Wildman–Crippen MR) is 111 cm³/mol. The summed E-state index contributed by atoms with van der Waals surface area (Å²) in [5.74, 6) is 0.252. The molecule has 152 valence electrons. The lowest BCUT2D eigenvalue weighted by atomic mass is 10.1. The lowest BCUT2D eigenvalue weighted by Gasteiger charge is -2.14. The number of benzene rings is 2. The van der Waals surface area contributed by atoms with Crippen molar-refractivity contribution in [3.8, 4) is 0 Å². The molecule has 0 bridgehead atoms. The highest BCUT2D eigenvalue weighted by molar-refractivity contribution is 7.89. The number of rotatable bonds is 9. The SMILES string of the molecule is C[C@@H](NCC(=O)Nc1cccc(S(=O)(=O)NCc2ccco2)c1)c1ccccc1. The Morgan fingerprint density at radius 2 is 1.83 bits per heavy atom. The molecule has 0 aliphatic carbocycles. The van der Waals surface area contributed by atoms with Gasteiger partial charge in [-0.2, -0.15) is 0 Å². The first kappa shape index (κ1) is 20.8. The molecule has 3 N–H and O–H groups in total. The minimum absolute atomic E-state index is 0.0134. The molecule has 7 nitrogen and oxygen atoms in total. The zero-order chi connectivity index (χ0) is 20.7. The number of carbonyl (C=O) groups is 1. The van der Waals surface area contributed by atoms with Crippen LogP contribution in [-0.4, -0.2) is 20.9 Å². The second-order valence-electron chi connectivity index (χ2n) is 6.49. The van der Waals surface area contributed by atoms with Gasteiger partial charge in [-0.15, -0.1) is 0 Å². The summed E-state index contributed by atoms with van der Waals surface area (Å²) in [4.78, 5) is 12.3.